The van der Waals surface area contributed by atoms with Gasteiger partial charge >= 0.3 is 0 Å². The highest BCUT2D eigenvalue weighted by Gasteiger charge is 2.26. The van der Waals surface area contributed by atoms with Gasteiger partial charge in [0, 0.05) is 23.7 Å². The summed E-state index contributed by atoms with van der Waals surface area (Å²) in [4.78, 5) is 17.8. The number of aromatic nitrogens is 1. The number of carbonyl (C=O) groups excluding carboxylic acids is 1. The van der Waals surface area contributed by atoms with Gasteiger partial charge in [0.1, 0.15) is 0 Å². The molecule has 1 fully saturated rings. The van der Waals surface area contributed by atoms with Gasteiger partial charge < -0.3 is 11.1 Å². The number of nitrogens with one attached hydrogen (secondary N) is 1. The maximum absolute atomic E-state index is 12.9. The Balaban J connectivity index is 2.13. The first kappa shape index (κ1) is 20.5. The highest BCUT2D eigenvalue weighted by atomic mass is 16.1. The van der Waals surface area contributed by atoms with E-state index >= 15 is 0 Å². The van der Waals surface area contributed by atoms with E-state index in [0.29, 0.717) is 12.5 Å². The number of hydrogen-bond donors (Lipinski definition) is 2. The van der Waals surface area contributed by atoms with Crippen LogP contribution in [-0.2, 0) is 17.8 Å². The van der Waals surface area contributed by atoms with Crippen LogP contribution in [0.5, 0.6) is 0 Å². The summed E-state index contributed by atoms with van der Waals surface area (Å²) in [6.07, 6.45) is 5.12. The van der Waals surface area contributed by atoms with Crippen LogP contribution in [0.15, 0.2) is 24.3 Å². The number of benzene rings is 1. The number of nitrogens with two attached hydrogens (primary N) is 1. The molecule has 1 aliphatic rings. The lowest BCUT2D eigenvalue weighted by Gasteiger charge is -2.22. The molecule has 3 rings (SSSR count). The van der Waals surface area contributed by atoms with E-state index in [2.05, 4.69) is 50.4 Å². The summed E-state index contributed by atoms with van der Waals surface area (Å²) in [7, 11) is 0. The van der Waals surface area contributed by atoms with E-state index in [1.807, 2.05) is 6.92 Å². The lowest BCUT2D eigenvalue weighted by Crippen LogP contribution is -2.23. The molecule has 0 spiro atoms. The van der Waals surface area contributed by atoms with Crippen LogP contribution >= 0.6 is 0 Å². The Labute approximate surface area is 168 Å². The first-order chi connectivity index (χ1) is 13.4. The molecule has 1 amide bonds. The third kappa shape index (κ3) is 4.44. The average Bonchev–Trinajstić information content (AvgIpc) is 3.18. The van der Waals surface area contributed by atoms with Crippen molar-refractivity contribution in [3.63, 3.8) is 0 Å². The number of nitrogens with zero attached hydrogens (tertiary/aromatic N) is 1. The lowest BCUT2D eigenvalue weighted by molar-refractivity contribution is -0.119. The molecule has 2 aromatic rings. The average molecular weight is 380 g/mol. The Kier molecular flexibility index (Phi) is 6.50. The van der Waals surface area contributed by atoms with Crippen LogP contribution in [-0.4, -0.2) is 10.9 Å². The van der Waals surface area contributed by atoms with Crippen LogP contribution in [0, 0.1) is 25.7 Å². The summed E-state index contributed by atoms with van der Waals surface area (Å²) in [6.45, 7) is 8.87. The van der Waals surface area contributed by atoms with Gasteiger partial charge in [-0.25, -0.2) is 0 Å². The van der Waals surface area contributed by atoms with Crippen LogP contribution in [0.2, 0.25) is 0 Å². The van der Waals surface area contributed by atoms with Crippen molar-refractivity contribution in [3.05, 3.63) is 46.8 Å². The largest absolute Gasteiger partial charge is 0.326 e. The summed E-state index contributed by atoms with van der Waals surface area (Å²) in [5.41, 5.74) is 13.3. The van der Waals surface area contributed by atoms with Gasteiger partial charge in [-0.05, 0) is 50.2 Å². The molecule has 0 radical (unpaired) electrons. The summed E-state index contributed by atoms with van der Waals surface area (Å²) in [5.74, 6) is 0.722. The molecule has 1 aliphatic carbocycles. The highest BCUT2D eigenvalue weighted by molar-refractivity contribution is 5.98. The van der Waals surface area contributed by atoms with Crippen molar-refractivity contribution >= 4 is 11.6 Å². The molecule has 28 heavy (non-hydrogen) atoms. The maximum atomic E-state index is 12.9. The van der Waals surface area contributed by atoms with E-state index in [0.717, 1.165) is 65.9 Å². The maximum Gasteiger partial charge on any atom is 0.227 e. The minimum atomic E-state index is 0.113. The SMILES string of the molecule is Cc1ccc(-c2c(CN)c(CC(C)C)nc(C)c2NC(=O)C2CCCC2)cc1. The van der Waals surface area contributed by atoms with E-state index in [4.69, 9.17) is 10.7 Å². The number of carbonyl (C=O) groups is 1. The standard InChI is InChI=1S/C24H33N3O/c1-15(2)13-21-20(14-25)22(18-11-9-16(3)10-12-18)23(17(4)26-21)27-24(28)19-7-5-6-8-19/h9-12,15,19H,5-8,13-14,25H2,1-4H3,(H,27,28). The number of anilines is 1. The predicted molar refractivity (Wildman–Crippen MR) is 116 cm³/mol. The molecule has 0 aliphatic heterocycles. The Morgan fingerprint density at radius 3 is 2.39 bits per heavy atom. The normalized spacial score (nSPS) is 14.6. The number of rotatable bonds is 6. The zero-order valence-electron chi connectivity index (χ0n) is 17.6. The topological polar surface area (TPSA) is 68.0 Å². The lowest BCUT2D eigenvalue weighted by atomic mass is 9.92. The van der Waals surface area contributed by atoms with Crippen LogP contribution in [0.4, 0.5) is 5.69 Å². The molecule has 4 heteroatoms. The number of hydrogen-bond acceptors (Lipinski definition) is 3. The van der Waals surface area contributed by atoms with Crippen LogP contribution in [0.3, 0.4) is 0 Å². The van der Waals surface area contributed by atoms with Gasteiger partial charge in [0.25, 0.3) is 0 Å². The third-order valence-electron chi connectivity index (χ3n) is 5.68. The zero-order chi connectivity index (χ0) is 20.3. The van der Waals surface area contributed by atoms with Crippen molar-refractivity contribution in [2.45, 2.75) is 66.3 Å². The Morgan fingerprint density at radius 1 is 1.18 bits per heavy atom. The second-order valence-corrected chi connectivity index (χ2v) is 8.51. The molecule has 3 N–H and O–H groups in total. The van der Waals surface area contributed by atoms with Gasteiger partial charge in [0.2, 0.25) is 5.91 Å². The molecular weight excluding hydrogens is 346 g/mol. The molecule has 0 bridgehead atoms. The van der Waals surface area contributed by atoms with Gasteiger partial charge in [-0.3, -0.25) is 9.78 Å². The summed E-state index contributed by atoms with van der Waals surface area (Å²) in [5, 5.41) is 3.23. The molecule has 1 aromatic heterocycles. The van der Waals surface area contributed by atoms with Gasteiger partial charge in [0.15, 0.2) is 0 Å². The van der Waals surface area contributed by atoms with Crippen molar-refractivity contribution in [2.24, 2.45) is 17.6 Å². The van der Waals surface area contributed by atoms with Gasteiger partial charge in [-0.15, -0.1) is 0 Å². The number of pyridine rings is 1. The molecule has 0 unspecified atom stereocenters. The molecule has 4 nitrogen and oxygen atoms in total. The van der Waals surface area contributed by atoms with Crippen molar-refractivity contribution < 1.29 is 4.79 Å². The van der Waals surface area contributed by atoms with Crippen LogP contribution < -0.4 is 11.1 Å². The van der Waals surface area contributed by atoms with Crippen molar-refractivity contribution in [1.82, 2.24) is 4.98 Å². The van der Waals surface area contributed by atoms with Gasteiger partial charge in [-0.1, -0.05) is 56.5 Å². The second kappa shape index (κ2) is 8.87. The van der Waals surface area contributed by atoms with Gasteiger partial charge in [0.05, 0.1) is 11.4 Å². The summed E-state index contributed by atoms with van der Waals surface area (Å²) in [6, 6.07) is 8.45. The van der Waals surface area contributed by atoms with Crippen molar-refractivity contribution in [3.8, 4) is 11.1 Å². The fourth-order valence-electron chi connectivity index (χ4n) is 4.18. The molecule has 1 aromatic carbocycles. The fourth-order valence-corrected chi connectivity index (χ4v) is 4.18. The molecule has 0 atom stereocenters. The van der Waals surface area contributed by atoms with E-state index < -0.39 is 0 Å². The van der Waals surface area contributed by atoms with Crippen molar-refractivity contribution in [2.75, 3.05) is 5.32 Å². The Hall–Kier alpha value is -2.20. The van der Waals surface area contributed by atoms with Gasteiger partial charge in [-0.2, -0.15) is 0 Å². The quantitative estimate of drug-likeness (QED) is 0.729. The van der Waals surface area contributed by atoms with E-state index in [-0.39, 0.29) is 11.8 Å². The van der Waals surface area contributed by atoms with E-state index in [1.54, 1.807) is 0 Å². The molecule has 1 saturated carbocycles. The zero-order valence-corrected chi connectivity index (χ0v) is 17.6. The highest BCUT2D eigenvalue weighted by Crippen LogP contribution is 2.37. The van der Waals surface area contributed by atoms with Crippen LogP contribution in [0.25, 0.3) is 11.1 Å². The minimum absolute atomic E-state index is 0.113. The first-order valence-corrected chi connectivity index (χ1v) is 10.5. The first-order valence-electron chi connectivity index (χ1n) is 10.5. The molecule has 0 saturated heterocycles. The summed E-state index contributed by atoms with van der Waals surface area (Å²) >= 11 is 0. The van der Waals surface area contributed by atoms with E-state index in [9.17, 15) is 4.79 Å². The molecule has 1 heterocycles. The fraction of sp³-hybridized carbons (Fsp3) is 0.500. The smallest absolute Gasteiger partial charge is 0.227 e. The Morgan fingerprint density at radius 2 is 1.82 bits per heavy atom. The number of aryl methyl sites for hydroxylation is 2. The minimum Gasteiger partial charge on any atom is -0.326 e. The van der Waals surface area contributed by atoms with E-state index in [1.165, 1.54) is 5.56 Å². The predicted octanol–water partition coefficient (Wildman–Crippen LogP) is 5.15. The third-order valence-corrected chi connectivity index (χ3v) is 5.68. The summed E-state index contributed by atoms with van der Waals surface area (Å²) < 4.78 is 0. The monoisotopic (exact) mass is 379 g/mol. The van der Waals surface area contributed by atoms with Crippen molar-refractivity contribution in [1.29, 1.82) is 0 Å². The second-order valence-electron chi connectivity index (χ2n) is 8.51. The number of amides is 1. The van der Waals surface area contributed by atoms with Crippen LogP contribution in [0.1, 0.15) is 62.0 Å². The Bertz CT molecular complexity index is 834. The molecular formula is C24H33N3O. The molecule has 150 valence electrons.